The summed E-state index contributed by atoms with van der Waals surface area (Å²) >= 11 is 5.01. The van der Waals surface area contributed by atoms with Crippen molar-refractivity contribution in [2.45, 2.75) is 25.3 Å². The van der Waals surface area contributed by atoms with E-state index in [-0.39, 0.29) is 12.0 Å². The molecule has 0 saturated heterocycles. The number of allylic oxidation sites excluding steroid dienone is 1. The molecule has 7 rings (SSSR count). The molecule has 0 unspecified atom stereocenters. The van der Waals surface area contributed by atoms with Crippen LogP contribution in [0.1, 0.15) is 36.4 Å². The van der Waals surface area contributed by atoms with Crippen molar-refractivity contribution < 1.29 is 4.42 Å². The number of benzene rings is 3. The van der Waals surface area contributed by atoms with Gasteiger partial charge in [-0.05, 0) is 66.3 Å². The second-order valence-electron chi connectivity index (χ2n) is 9.91. The number of hydrogen-bond donors (Lipinski definition) is 0. The Morgan fingerprint density at radius 3 is 2.62 bits per heavy atom. The highest BCUT2D eigenvalue weighted by Crippen LogP contribution is 2.47. The van der Waals surface area contributed by atoms with Gasteiger partial charge in [0.05, 0.1) is 23.0 Å². The van der Waals surface area contributed by atoms with E-state index in [4.69, 9.17) is 14.5 Å². The van der Waals surface area contributed by atoms with Crippen LogP contribution in [0.15, 0.2) is 115 Å². The van der Waals surface area contributed by atoms with E-state index >= 15 is 0 Å². The average molecular weight is 595 g/mol. The lowest BCUT2D eigenvalue weighted by Crippen LogP contribution is -2.28. The Kier molecular flexibility index (Phi) is 6.25. The Bertz CT molecular complexity index is 1790. The minimum absolute atomic E-state index is 0.0450. The molecule has 3 aromatic carbocycles. The van der Waals surface area contributed by atoms with Gasteiger partial charge in [0.15, 0.2) is 0 Å². The topological polar surface area (TPSA) is 58.7 Å². The Balaban J connectivity index is 1.32. The van der Waals surface area contributed by atoms with Crippen molar-refractivity contribution >= 4 is 55.2 Å². The highest BCUT2D eigenvalue weighted by Gasteiger charge is 2.42. The van der Waals surface area contributed by atoms with Crippen molar-refractivity contribution in [3.05, 3.63) is 122 Å². The smallest absolute Gasteiger partial charge is 0.345 e. The van der Waals surface area contributed by atoms with Crippen LogP contribution in [0.3, 0.4) is 0 Å². The minimum Gasteiger partial charge on any atom is -0.422 e. The summed E-state index contributed by atoms with van der Waals surface area (Å²) in [6.07, 6.45) is 5.48. The van der Waals surface area contributed by atoms with Gasteiger partial charge in [0.1, 0.15) is 5.58 Å². The first-order valence-electron chi connectivity index (χ1n) is 13.0. The number of fused-ring (bicyclic) bond motifs is 2. The predicted octanol–water partition coefficient (Wildman–Crippen LogP) is 8.48. The molecule has 0 spiro atoms. The van der Waals surface area contributed by atoms with Gasteiger partial charge >= 0.3 is 5.63 Å². The van der Waals surface area contributed by atoms with Crippen LogP contribution in [0.5, 0.6) is 0 Å². The number of anilines is 1. The lowest BCUT2D eigenvalue weighted by Gasteiger charge is -2.29. The summed E-state index contributed by atoms with van der Waals surface area (Å²) in [6.45, 7) is 0. The van der Waals surface area contributed by atoms with Crippen LogP contribution in [-0.2, 0) is 0 Å². The van der Waals surface area contributed by atoms with E-state index < -0.39 is 5.63 Å². The van der Waals surface area contributed by atoms with Crippen molar-refractivity contribution in [2.75, 3.05) is 5.01 Å². The van der Waals surface area contributed by atoms with Crippen LogP contribution in [0.2, 0.25) is 0 Å². The molecule has 1 aliphatic heterocycles. The predicted molar refractivity (Wildman–Crippen MR) is 162 cm³/mol. The van der Waals surface area contributed by atoms with Gasteiger partial charge in [-0.15, -0.1) is 11.3 Å². The maximum atomic E-state index is 12.9. The van der Waals surface area contributed by atoms with Gasteiger partial charge in [-0.1, -0.05) is 76.6 Å². The molecule has 192 valence electrons. The molecule has 1 aliphatic carbocycles. The second-order valence-corrected chi connectivity index (χ2v) is 11.7. The first kappa shape index (κ1) is 24.2. The van der Waals surface area contributed by atoms with Crippen molar-refractivity contribution in [3.8, 4) is 11.3 Å². The number of thiazole rings is 1. The van der Waals surface area contributed by atoms with Gasteiger partial charge in [-0.25, -0.2) is 14.8 Å². The van der Waals surface area contributed by atoms with E-state index in [1.54, 1.807) is 6.07 Å². The standard InChI is InChI=1S/C32H24BrN3O2S/c33-24-14-15-28-23(17-24)18-26(31(37)38-28)27-19-39-32(34-27)36-30(21-10-5-2-6-11-21)25-13-7-12-22(29(25)35-36)16-20-8-3-1-4-9-20/h1-6,8-11,14-19,25,30H,7,12-13H2/b22-16-/t25-,30+/m0/s1. The molecular weight excluding hydrogens is 570 g/mol. The number of hydrazone groups is 1. The van der Waals surface area contributed by atoms with Crippen LogP contribution >= 0.6 is 27.3 Å². The largest absolute Gasteiger partial charge is 0.422 e. The number of hydrogen-bond acceptors (Lipinski definition) is 6. The van der Waals surface area contributed by atoms with E-state index in [0.717, 1.165) is 40.0 Å². The fourth-order valence-corrected chi connectivity index (χ4v) is 6.85. The summed E-state index contributed by atoms with van der Waals surface area (Å²) in [6, 6.07) is 28.5. The zero-order valence-electron chi connectivity index (χ0n) is 21.0. The van der Waals surface area contributed by atoms with Crippen molar-refractivity contribution in [2.24, 2.45) is 11.0 Å². The van der Waals surface area contributed by atoms with E-state index in [9.17, 15) is 4.79 Å². The van der Waals surface area contributed by atoms with Crippen LogP contribution in [0.4, 0.5) is 5.13 Å². The summed E-state index contributed by atoms with van der Waals surface area (Å²) in [5, 5.41) is 10.8. The summed E-state index contributed by atoms with van der Waals surface area (Å²) in [7, 11) is 0. The molecule has 0 amide bonds. The van der Waals surface area contributed by atoms with Gasteiger partial charge in [-0.2, -0.15) is 5.10 Å². The van der Waals surface area contributed by atoms with Gasteiger partial charge in [0, 0.05) is 21.2 Å². The summed E-state index contributed by atoms with van der Waals surface area (Å²) in [4.78, 5) is 17.8. The number of halogens is 1. The molecular formula is C32H24BrN3O2S. The minimum atomic E-state index is -0.393. The van der Waals surface area contributed by atoms with Gasteiger partial charge in [0.25, 0.3) is 0 Å². The third-order valence-corrected chi connectivity index (χ3v) is 8.76. The molecule has 2 atom stereocenters. The molecule has 1 saturated carbocycles. The number of nitrogens with zero attached hydrogens (tertiary/aromatic N) is 3. The molecule has 39 heavy (non-hydrogen) atoms. The highest BCUT2D eigenvalue weighted by molar-refractivity contribution is 9.10. The van der Waals surface area contributed by atoms with Gasteiger partial charge in [0.2, 0.25) is 5.13 Å². The normalized spacial score (nSPS) is 19.9. The fourth-order valence-electron chi connectivity index (χ4n) is 5.66. The Hall–Kier alpha value is -3.81. The van der Waals surface area contributed by atoms with Crippen LogP contribution in [0, 0.1) is 5.92 Å². The molecule has 1 fully saturated rings. The molecule has 3 heterocycles. The Morgan fingerprint density at radius 1 is 1.00 bits per heavy atom. The lowest BCUT2D eigenvalue weighted by molar-refractivity contribution is 0.487. The molecule has 2 aliphatic rings. The zero-order chi connectivity index (χ0) is 26.3. The fraction of sp³-hybridized carbons (Fsp3) is 0.156. The molecule has 7 heteroatoms. The lowest BCUT2D eigenvalue weighted by atomic mass is 9.77. The maximum Gasteiger partial charge on any atom is 0.345 e. The first-order chi connectivity index (χ1) is 19.1. The SMILES string of the molecule is O=c1oc2ccc(Br)cc2cc1-c1csc(N2N=C3/C(=C\c4ccccc4)CCC[C@@H]3[C@H]2c2ccccc2)n1. The third-order valence-electron chi connectivity index (χ3n) is 7.44. The average Bonchev–Trinajstić information content (AvgIpc) is 3.60. The molecule has 0 N–H and O–H groups in total. The van der Waals surface area contributed by atoms with Gasteiger partial charge in [-0.3, -0.25) is 0 Å². The first-order valence-corrected chi connectivity index (χ1v) is 14.7. The van der Waals surface area contributed by atoms with Crippen LogP contribution < -0.4 is 10.6 Å². The molecule has 2 aromatic heterocycles. The number of aromatic nitrogens is 1. The Labute approximate surface area is 238 Å². The highest BCUT2D eigenvalue weighted by atomic mass is 79.9. The van der Waals surface area contributed by atoms with Crippen LogP contribution in [0.25, 0.3) is 28.3 Å². The monoisotopic (exact) mass is 593 g/mol. The second kappa shape index (κ2) is 10.1. The quantitative estimate of drug-likeness (QED) is 0.196. The van der Waals surface area contributed by atoms with E-state index in [1.807, 2.05) is 35.7 Å². The summed E-state index contributed by atoms with van der Waals surface area (Å²) in [5.74, 6) is 0.270. The maximum absolute atomic E-state index is 12.9. The molecule has 0 bridgehead atoms. The van der Waals surface area contributed by atoms with E-state index in [2.05, 4.69) is 75.5 Å². The molecule has 5 nitrogen and oxygen atoms in total. The Morgan fingerprint density at radius 2 is 1.79 bits per heavy atom. The van der Waals surface area contributed by atoms with Crippen molar-refractivity contribution in [3.63, 3.8) is 0 Å². The summed E-state index contributed by atoms with van der Waals surface area (Å²) < 4.78 is 6.54. The molecule has 0 radical (unpaired) electrons. The van der Waals surface area contributed by atoms with Gasteiger partial charge < -0.3 is 4.42 Å². The van der Waals surface area contributed by atoms with Crippen molar-refractivity contribution in [1.82, 2.24) is 4.98 Å². The zero-order valence-corrected chi connectivity index (χ0v) is 23.4. The van der Waals surface area contributed by atoms with Crippen LogP contribution in [-0.4, -0.2) is 10.7 Å². The number of rotatable bonds is 4. The van der Waals surface area contributed by atoms with E-state index in [0.29, 0.717) is 16.8 Å². The van der Waals surface area contributed by atoms with E-state index in [1.165, 1.54) is 28.0 Å². The summed E-state index contributed by atoms with van der Waals surface area (Å²) in [5.41, 5.74) is 6.06. The molecule has 5 aromatic rings. The third kappa shape index (κ3) is 4.56. The van der Waals surface area contributed by atoms with Crippen molar-refractivity contribution in [1.29, 1.82) is 0 Å².